The van der Waals surface area contributed by atoms with Crippen LogP contribution in [0.25, 0.3) is 10.1 Å². The molecule has 0 N–H and O–H groups in total. The summed E-state index contributed by atoms with van der Waals surface area (Å²) < 4.78 is 2.59. The van der Waals surface area contributed by atoms with Crippen LogP contribution in [-0.2, 0) is 5.33 Å². The Balaban J connectivity index is 2.76. The Labute approximate surface area is 108 Å². The third-order valence-corrected chi connectivity index (χ3v) is 5.40. The van der Waals surface area contributed by atoms with Crippen LogP contribution in [0.1, 0.15) is 5.56 Å². The van der Waals surface area contributed by atoms with Crippen molar-refractivity contribution < 1.29 is 0 Å². The molecule has 0 radical (unpaired) electrons. The first-order valence-corrected chi connectivity index (χ1v) is 8.07. The predicted molar refractivity (Wildman–Crippen MR) is 73.9 cm³/mol. The number of thioether (sulfide) groups is 1. The molecule has 0 fully saturated rings. The molecule has 1 aromatic heterocycles. The maximum atomic E-state index is 3.58. The molecule has 2 aromatic rings. The first-order chi connectivity index (χ1) is 6.76. The van der Waals surface area contributed by atoms with Gasteiger partial charge in [0.15, 0.2) is 0 Å². The second kappa shape index (κ2) is 4.56. The van der Waals surface area contributed by atoms with E-state index in [0.29, 0.717) is 0 Å². The van der Waals surface area contributed by atoms with Crippen LogP contribution < -0.4 is 0 Å². The van der Waals surface area contributed by atoms with Crippen molar-refractivity contribution in [2.45, 2.75) is 10.2 Å². The van der Waals surface area contributed by atoms with E-state index in [0.717, 1.165) is 5.33 Å². The molecule has 2 rings (SSSR count). The van der Waals surface area contributed by atoms with Gasteiger partial charge in [-0.1, -0.05) is 15.9 Å². The number of rotatable bonds is 2. The molecular formula is C10H8Br2S2. The zero-order valence-corrected chi connectivity index (χ0v) is 12.3. The molecule has 74 valence electrons. The normalized spacial score (nSPS) is 11.1. The van der Waals surface area contributed by atoms with Crippen molar-refractivity contribution in [2.75, 3.05) is 6.26 Å². The standard InChI is InChI=1S/C10H8Br2S2/c1-13-7-2-6(4-11)10-8(3-7)9(12)5-14-10/h2-3,5H,4H2,1H3. The van der Waals surface area contributed by atoms with Gasteiger partial charge in [0.25, 0.3) is 0 Å². The zero-order chi connectivity index (χ0) is 10.1. The summed E-state index contributed by atoms with van der Waals surface area (Å²) in [4.78, 5) is 1.33. The summed E-state index contributed by atoms with van der Waals surface area (Å²) in [5.74, 6) is 0. The molecule has 0 aliphatic heterocycles. The van der Waals surface area contributed by atoms with E-state index in [2.05, 4.69) is 55.6 Å². The van der Waals surface area contributed by atoms with Gasteiger partial charge in [0, 0.05) is 30.2 Å². The SMILES string of the molecule is CSc1cc(CBr)c2scc(Br)c2c1. The second-order valence-electron chi connectivity index (χ2n) is 2.88. The van der Waals surface area contributed by atoms with Crippen molar-refractivity contribution in [2.24, 2.45) is 0 Å². The fourth-order valence-electron chi connectivity index (χ4n) is 1.37. The molecule has 0 amide bonds. The van der Waals surface area contributed by atoms with Crippen molar-refractivity contribution in [3.8, 4) is 0 Å². The molecule has 1 aromatic carbocycles. The molecule has 0 spiro atoms. The Kier molecular flexibility index (Phi) is 3.58. The van der Waals surface area contributed by atoms with Gasteiger partial charge in [0.1, 0.15) is 0 Å². The Bertz CT molecular complexity index is 462. The minimum absolute atomic E-state index is 0.921. The smallest absolute Gasteiger partial charge is 0.0395 e. The first-order valence-electron chi connectivity index (χ1n) is 4.06. The molecule has 0 unspecified atom stereocenters. The van der Waals surface area contributed by atoms with Gasteiger partial charge in [-0.05, 0) is 39.9 Å². The average molecular weight is 352 g/mol. The summed E-state index contributed by atoms with van der Waals surface area (Å²) in [6.45, 7) is 0. The highest BCUT2D eigenvalue weighted by molar-refractivity contribution is 9.10. The maximum absolute atomic E-state index is 3.58. The topological polar surface area (TPSA) is 0 Å². The Morgan fingerprint density at radius 2 is 2.21 bits per heavy atom. The summed E-state index contributed by atoms with van der Waals surface area (Å²) in [5.41, 5.74) is 1.38. The van der Waals surface area contributed by atoms with Crippen LogP contribution >= 0.6 is 55.0 Å². The van der Waals surface area contributed by atoms with E-state index < -0.39 is 0 Å². The van der Waals surface area contributed by atoms with Crippen molar-refractivity contribution in [1.29, 1.82) is 0 Å². The van der Waals surface area contributed by atoms with Crippen LogP contribution in [0.2, 0.25) is 0 Å². The van der Waals surface area contributed by atoms with Gasteiger partial charge in [-0.25, -0.2) is 0 Å². The quantitative estimate of drug-likeness (QED) is 0.523. The van der Waals surface area contributed by atoms with E-state index in [-0.39, 0.29) is 0 Å². The Hall–Kier alpha value is 0.490. The van der Waals surface area contributed by atoms with Crippen molar-refractivity contribution in [1.82, 2.24) is 0 Å². The number of benzene rings is 1. The van der Waals surface area contributed by atoms with Crippen molar-refractivity contribution >= 4 is 65.0 Å². The van der Waals surface area contributed by atoms with Gasteiger partial charge in [-0.3, -0.25) is 0 Å². The van der Waals surface area contributed by atoms with Crippen LogP contribution in [0.3, 0.4) is 0 Å². The molecule has 0 aliphatic carbocycles. The number of fused-ring (bicyclic) bond motifs is 1. The largest absolute Gasteiger partial charge is 0.142 e. The number of halogens is 2. The lowest BCUT2D eigenvalue weighted by atomic mass is 10.2. The minimum Gasteiger partial charge on any atom is -0.142 e. The molecule has 0 aliphatic rings. The maximum Gasteiger partial charge on any atom is 0.0395 e. The predicted octanol–water partition coefficient (Wildman–Crippen LogP) is 5.28. The molecule has 0 bridgehead atoms. The average Bonchev–Trinajstić information content (AvgIpc) is 2.59. The van der Waals surface area contributed by atoms with E-state index in [1.807, 2.05) is 0 Å². The summed E-state index contributed by atoms with van der Waals surface area (Å²) in [7, 11) is 0. The van der Waals surface area contributed by atoms with Gasteiger partial charge in [-0.15, -0.1) is 23.1 Å². The van der Waals surface area contributed by atoms with Crippen molar-refractivity contribution in [3.63, 3.8) is 0 Å². The third kappa shape index (κ3) is 1.90. The fraction of sp³-hybridized carbons (Fsp3) is 0.200. The van der Waals surface area contributed by atoms with Crippen LogP contribution in [0, 0.1) is 0 Å². The Morgan fingerprint density at radius 1 is 1.43 bits per heavy atom. The van der Waals surface area contributed by atoms with Crippen LogP contribution in [0.4, 0.5) is 0 Å². The number of thiophene rings is 1. The Morgan fingerprint density at radius 3 is 2.86 bits per heavy atom. The molecule has 0 saturated heterocycles. The number of alkyl halides is 1. The van der Waals surface area contributed by atoms with Gasteiger partial charge >= 0.3 is 0 Å². The fourth-order valence-corrected chi connectivity index (χ4v) is 4.14. The summed E-state index contributed by atoms with van der Waals surface area (Å²) in [5, 5.41) is 4.41. The van der Waals surface area contributed by atoms with Gasteiger partial charge in [0.2, 0.25) is 0 Å². The first kappa shape index (κ1) is 11.0. The van der Waals surface area contributed by atoms with E-state index >= 15 is 0 Å². The van der Waals surface area contributed by atoms with Crippen molar-refractivity contribution in [3.05, 3.63) is 27.5 Å². The molecule has 4 heteroatoms. The monoisotopic (exact) mass is 350 g/mol. The number of hydrogen-bond acceptors (Lipinski definition) is 2. The molecule has 14 heavy (non-hydrogen) atoms. The van der Waals surface area contributed by atoms with Gasteiger partial charge < -0.3 is 0 Å². The highest BCUT2D eigenvalue weighted by Crippen LogP contribution is 2.36. The molecular weight excluding hydrogens is 344 g/mol. The van der Waals surface area contributed by atoms with Crippen LogP contribution in [0.5, 0.6) is 0 Å². The second-order valence-corrected chi connectivity index (χ2v) is 6.05. The lowest BCUT2D eigenvalue weighted by Gasteiger charge is -2.02. The van der Waals surface area contributed by atoms with E-state index in [1.54, 1.807) is 23.1 Å². The molecule has 0 saturated carbocycles. The van der Waals surface area contributed by atoms with E-state index in [4.69, 9.17) is 0 Å². The summed E-state index contributed by atoms with van der Waals surface area (Å²) >= 11 is 10.7. The van der Waals surface area contributed by atoms with Gasteiger partial charge in [-0.2, -0.15) is 0 Å². The zero-order valence-electron chi connectivity index (χ0n) is 7.51. The summed E-state index contributed by atoms with van der Waals surface area (Å²) in [6.07, 6.45) is 2.11. The molecule has 0 atom stereocenters. The molecule has 1 heterocycles. The van der Waals surface area contributed by atoms with E-state index in [9.17, 15) is 0 Å². The van der Waals surface area contributed by atoms with Gasteiger partial charge in [0.05, 0.1) is 0 Å². The summed E-state index contributed by atoms with van der Waals surface area (Å²) in [6, 6.07) is 4.50. The minimum atomic E-state index is 0.921. The van der Waals surface area contributed by atoms with Crippen LogP contribution in [0.15, 0.2) is 26.9 Å². The lowest BCUT2D eigenvalue weighted by molar-refractivity contribution is 1.41. The molecule has 0 nitrogen and oxygen atoms in total. The highest BCUT2D eigenvalue weighted by atomic mass is 79.9. The number of hydrogen-bond donors (Lipinski definition) is 0. The third-order valence-electron chi connectivity index (χ3n) is 2.06. The highest BCUT2D eigenvalue weighted by Gasteiger charge is 2.07. The lowest BCUT2D eigenvalue weighted by Crippen LogP contribution is -1.79. The van der Waals surface area contributed by atoms with Crippen LogP contribution in [-0.4, -0.2) is 6.26 Å². The van der Waals surface area contributed by atoms with E-state index in [1.165, 1.54) is 25.0 Å².